The Bertz CT molecular complexity index is 1270. The molecule has 5 rings (SSSR count). The summed E-state index contributed by atoms with van der Waals surface area (Å²) in [6.45, 7) is 4.91. The summed E-state index contributed by atoms with van der Waals surface area (Å²) < 4.78 is 1.56. The molecule has 0 amide bonds. The Hall–Kier alpha value is -2.63. The molecule has 1 N–H and O–H groups in total. The molecular formula is C24H25ClN4O. The Kier molecular flexibility index (Phi) is 5.09. The molecule has 6 heteroatoms. The summed E-state index contributed by atoms with van der Waals surface area (Å²) in [5.74, 6) is 0.592. The number of fused-ring (bicyclic) bond motifs is 2. The molecule has 0 bridgehead atoms. The number of hydrogen-bond donors (Lipinski definition) is 1. The van der Waals surface area contributed by atoms with Crippen LogP contribution in [0, 0.1) is 6.92 Å². The molecule has 3 aromatic heterocycles. The third-order valence-electron chi connectivity index (χ3n) is 6.41. The van der Waals surface area contributed by atoms with Crippen LogP contribution in [0.1, 0.15) is 35.6 Å². The van der Waals surface area contributed by atoms with Crippen molar-refractivity contribution in [3.63, 3.8) is 0 Å². The molecule has 4 aromatic rings. The van der Waals surface area contributed by atoms with Crippen molar-refractivity contribution in [1.29, 1.82) is 0 Å². The highest BCUT2D eigenvalue weighted by Gasteiger charge is 2.23. The molecule has 5 nitrogen and oxygen atoms in total. The zero-order valence-electron chi connectivity index (χ0n) is 17.1. The molecule has 1 saturated heterocycles. The molecule has 30 heavy (non-hydrogen) atoms. The number of likely N-dealkylation sites (tertiary alicyclic amines) is 1. The van der Waals surface area contributed by atoms with Crippen LogP contribution in [0.4, 0.5) is 0 Å². The van der Waals surface area contributed by atoms with Crippen LogP contribution in [0.15, 0.2) is 53.6 Å². The largest absolute Gasteiger partial charge is 0.361 e. The number of aromatic nitrogens is 3. The van der Waals surface area contributed by atoms with Crippen LogP contribution in [0.2, 0.25) is 5.02 Å². The number of pyridine rings is 1. The van der Waals surface area contributed by atoms with Crippen molar-refractivity contribution in [2.75, 3.05) is 19.6 Å². The molecule has 154 valence electrons. The Morgan fingerprint density at radius 2 is 1.97 bits per heavy atom. The molecule has 1 aliphatic heterocycles. The van der Waals surface area contributed by atoms with E-state index in [1.165, 1.54) is 16.5 Å². The SMILES string of the molecule is Cc1nc2ccc(Cl)cn2c(=O)c1CCN1CCC(c2c[nH]c3ccccc23)CC1. The minimum atomic E-state index is -0.00585. The van der Waals surface area contributed by atoms with Crippen molar-refractivity contribution < 1.29 is 0 Å². The first kappa shape index (κ1) is 19.3. The molecule has 0 unspecified atom stereocenters. The first-order chi connectivity index (χ1) is 14.6. The maximum absolute atomic E-state index is 12.9. The number of benzene rings is 1. The zero-order chi connectivity index (χ0) is 20.7. The van der Waals surface area contributed by atoms with E-state index in [9.17, 15) is 4.79 Å². The van der Waals surface area contributed by atoms with Gasteiger partial charge in [0, 0.05) is 41.1 Å². The normalized spacial score (nSPS) is 15.9. The second-order valence-electron chi connectivity index (χ2n) is 8.21. The van der Waals surface area contributed by atoms with Crippen LogP contribution in [0.3, 0.4) is 0 Å². The molecule has 0 radical (unpaired) electrons. The van der Waals surface area contributed by atoms with Gasteiger partial charge in [-0.3, -0.25) is 9.20 Å². The van der Waals surface area contributed by atoms with Crippen molar-refractivity contribution in [2.24, 2.45) is 0 Å². The summed E-state index contributed by atoms with van der Waals surface area (Å²) >= 11 is 6.08. The molecule has 1 aromatic carbocycles. The third-order valence-corrected chi connectivity index (χ3v) is 6.64. The topological polar surface area (TPSA) is 53.4 Å². The maximum Gasteiger partial charge on any atom is 0.261 e. The van der Waals surface area contributed by atoms with E-state index in [1.54, 1.807) is 22.7 Å². The molecule has 4 heterocycles. The molecule has 0 spiro atoms. The van der Waals surface area contributed by atoms with Gasteiger partial charge < -0.3 is 9.88 Å². The van der Waals surface area contributed by atoms with Gasteiger partial charge in [-0.1, -0.05) is 29.8 Å². The Labute approximate surface area is 180 Å². The summed E-state index contributed by atoms with van der Waals surface area (Å²) in [6.07, 6.45) is 6.84. The number of rotatable bonds is 4. The fraction of sp³-hybridized carbons (Fsp3) is 0.333. The van der Waals surface area contributed by atoms with E-state index >= 15 is 0 Å². The highest BCUT2D eigenvalue weighted by atomic mass is 35.5. The summed E-state index contributed by atoms with van der Waals surface area (Å²) in [5.41, 5.74) is 4.90. The number of aryl methyl sites for hydroxylation is 1. The lowest BCUT2D eigenvalue weighted by Crippen LogP contribution is -2.35. The van der Waals surface area contributed by atoms with Gasteiger partial charge >= 0.3 is 0 Å². The number of aromatic amines is 1. The average molecular weight is 421 g/mol. The van der Waals surface area contributed by atoms with Crippen LogP contribution < -0.4 is 5.56 Å². The van der Waals surface area contributed by atoms with Crippen LogP contribution in [0.5, 0.6) is 0 Å². The summed E-state index contributed by atoms with van der Waals surface area (Å²) in [6, 6.07) is 12.1. The molecule has 0 saturated carbocycles. The monoisotopic (exact) mass is 420 g/mol. The number of H-pyrrole nitrogens is 1. The van der Waals surface area contributed by atoms with Crippen molar-refractivity contribution in [1.82, 2.24) is 19.3 Å². The highest BCUT2D eigenvalue weighted by Crippen LogP contribution is 2.33. The van der Waals surface area contributed by atoms with Gasteiger partial charge in [0.2, 0.25) is 0 Å². The number of nitrogens with zero attached hydrogens (tertiary/aromatic N) is 3. The number of hydrogen-bond acceptors (Lipinski definition) is 3. The van der Waals surface area contributed by atoms with Crippen molar-refractivity contribution in [2.45, 2.75) is 32.1 Å². The second-order valence-corrected chi connectivity index (χ2v) is 8.65. The minimum absolute atomic E-state index is 0.00585. The van der Waals surface area contributed by atoms with E-state index in [4.69, 9.17) is 11.6 Å². The van der Waals surface area contributed by atoms with E-state index in [1.807, 2.05) is 6.92 Å². The lowest BCUT2D eigenvalue weighted by Gasteiger charge is -2.32. The van der Waals surface area contributed by atoms with E-state index in [0.29, 0.717) is 23.0 Å². The van der Waals surface area contributed by atoms with Crippen molar-refractivity contribution in [3.8, 4) is 0 Å². The number of halogens is 1. The van der Waals surface area contributed by atoms with Crippen molar-refractivity contribution in [3.05, 3.63) is 81.0 Å². The fourth-order valence-corrected chi connectivity index (χ4v) is 4.88. The van der Waals surface area contributed by atoms with E-state index in [0.717, 1.165) is 43.7 Å². The zero-order valence-corrected chi connectivity index (χ0v) is 17.8. The Morgan fingerprint density at radius 3 is 2.80 bits per heavy atom. The summed E-state index contributed by atoms with van der Waals surface area (Å²) in [4.78, 5) is 23.4. The highest BCUT2D eigenvalue weighted by molar-refractivity contribution is 6.30. The first-order valence-electron chi connectivity index (χ1n) is 10.6. The third kappa shape index (κ3) is 3.53. The summed E-state index contributed by atoms with van der Waals surface area (Å²) in [7, 11) is 0. The predicted molar refractivity (Wildman–Crippen MR) is 122 cm³/mol. The van der Waals surface area contributed by atoms with Crippen molar-refractivity contribution >= 4 is 28.2 Å². The number of para-hydroxylation sites is 1. The maximum atomic E-state index is 12.9. The van der Waals surface area contributed by atoms with Gasteiger partial charge in [-0.15, -0.1) is 0 Å². The Morgan fingerprint density at radius 1 is 1.17 bits per heavy atom. The molecule has 1 aliphatic rings. The van der Waals surface area contributed by atoms with Gasteiger partial charge in [-0.05, 0) is 69.0 Å². The summed E-state index contributed by atoms with van der Waals surface area (Å²) in [5, 5.41) is 1.89. The lowest BCUT2D eigenvalue weighted by molar-refractivity contribution is 0.215. The van der Waals surface area contributed by atoms with Gasteiger partial charge in [-0.2, -0.15) is 0 Å². The van der Waals surface area contributed by atoms with Gasteiger partial charge in [0.05, 0.1) is 5.02 Å². The van der Waals surface area contributed by atoms with Gasteiger partial charge in [0.15, 0.2) is 0 Å². The standard InChI is InChI=1S/C24H25ClN4O/c1-16-19(24(30)29-15-18(25)6-7-23(29)27-16)10-13-28-11-8-17(9-12-28)21-14-26-22-5-3-2-4-20(21)22/h2-7,14-15,17,26H,8-13H2,1H3. The molecular weight excluding hydrogens is 396 g/mol. The van der Waals surface area contributed by atoms with Crippen LogP contribution in [-0.2, 0) is 6.42 Å². The first-order valence-corrected chi connectivity index (χ1v) is 10.9. The van der Waals surface area contributed by atoms with Gasteiger partial charge in [0.25, 0.3) is 5.56 Å². The second kappa shape index (κ2) is 7.89. The predicted octanol–water partition coefficient (Wildman–Crippen LogP) is 4.56. The minimum Gasteiger partial charge on any atom is -0.361 e. The number of piperidine rings is 1. The van der Waals surface area contributed by atoms with Gasteiger partial charge in [0.1, 0.15) is 5.65 Å². The average Bonchev–Trinajstić information content (AvgIpc) is 3.19. The van der Waals surface area contributed by atoms with Crippen LogP contribution >= 0.6 is 11.6 Å². The van der Waals surface area contributed by atoms with E-state index < -0.39 is 0 Å². The smallest absolute Gasteiger partial charge is 0.261 e. The molecule has 1 fully saturated rings. The fourth-order valence-electron chi connectivity index (χ4n) is 4.72. The lowest BCUT2D eigenvalue weighted by atomic mass is 9.89. The quantitative estimate of drug-likeness (QED) is 0.526. The Balaban J connectivity index is 1.27. The van der Waals surface area contributed by atoms with Gasteiger partial charge in [-0.25, -0.2) is 4.98 Å². The van der Waals surface area contributed by atoms with E-state index in [-0.39, 0.29) is 5.56 Å². The molecule has 0 aliphatic carbocycles. The number of nitrogens with one attached hydrogen (secondary N) is 1. The molecule has 0 atom stereocenters. The van der Waals surface area contributed by atoms with Crippen LogP contribution in [0.25, 0.3) is 16.6 Å². The van der Waals surface area contributed by atoms with Crippen LogP contribution in [-0.4, -0.2) is 38.9 Å². The van der Waals surface area contributed by atoms with E-state index in [2.05, 4.69) is 45.3 Å².